The third-order valence-electron chi connectivity index (χ3n) is 4.96. The van der Waals surface area contributed by atoms with E-state index in [0.29, 0.717) is 12.8 Å². The zero-order chi connectivity index (χ0) is 16.1. The Kier molecular flexibility index (Phi) is 6.26. The van der Waals surface area contributed by atoms with Crippen LogP contribution < -0.4 is 10.0 Å². The van der Waals surface area contributed by atoms with Gasteiger partial charge in [-0.05, 0) is 25.7 Å². The molecule has 22 heavy (non-hydrogen) atoms. The van der Waals surface area contributed by atoms with Crippen molar-refractivity contribution in [3.8, 4) is 0 Å². The molecule has 2 N–H and O–H groups in total. The minimum absolute atomic E-state index is 0.108. The van der Waals surface area contributed by atoms with Crippen molar-refractivity contribution in [3.63, 3.8) is 0 Å². The van der Waals surface area contributed by atoms with Gasteiger partial charge >= 0.3 is 0 Å². The molecule has 128 valence electrons. The summed E-state index contributed by atoms with van der Waals surface area (Å²) >= 11 is 0. The third-order valence-corrected chi connectivity index (χ3v) is 5.72. The normalized spacial score (nSPS) is 24.2. The van der Waals surface area contributed by atoms with Gasteiger partial charge in [-0.1, -0.05) is 51.4 Å². The average Bonchev–Trinajstić information content (AvgIpc) is 2.40. The first kappa shape index (κ1) is 17.7. The van der Waals surface area contributed by atoms with Crippen LogP contribution in [0.2, 0.25) is 0 Å². The maximum atomic E-state index is 12.8. The van der Waals surface area contributed by atoms with Crippen molar-refractivity contribution in [1.82, 2.24) is 10.0 Å². The zero-order valence-corrected chi connectivity index (χ0v) is 14.5. The van der Waals surface area contributed by atoms with E-state index < -0.39 is 15.6 Å². The summed E-state index contributed by atoms with van der Waals surface area (Å²) in [7, 11) is -3.39. The number of amides is 1. The minimum Gasteiger partial charge on any atom is -0.352 e. The second kappa shape index (κ2) is 7.77. The molecule has 0 aromatic heterocycles. The van der Waals surface area contributed by atoms with Gasteiger partial charge in [-0.3, -0.25) is 4.79 Å². The first-order chi connectivity index (χ1) is 10.4. The number of sulfonamides is 1. The molecule has 2 rings (SSSR count). The van der Waals surface area contributed by atoms with Crippen LogP contribution in [0.1, 0.15) is 77.0 Å². The van der Waals surface area contributed by atoms with Gasteiger partial charge in [-0.25, -0.2) is 8.42 Å². The molecule has 0 aromatic rings. The second-order valence-corrected chi connectivity index (χ2v) is 8.78. The molecule has 2 saturated carbocycles. The Hall–Kier alpha value is -0.620. The summed E-state index contributed by atoms with van der Waals surface area (Å²) in [4.78, 5) is 12.8. The lowest BCUT2D eigenvalue weighted by atomic mass is 9.81. The standard InChI is InChI=1S/C16H30N2O3S/c1-22(20,21)18-16(12-8-5-9-13-16)15(19)17-14-10-6-3-2-4-7-11-14/h14,18H,2-13H2,1H3,(H,17,19). The number of hydrogen-bond acceptors (Lipinski definition) is 3. The topological polar surface area (TPSA) is 75.3 Å². The fourth-order valence-corrected chi connectivity index (χ4v) is 4.82. The summed E-state index contributed by atoms with van der Waals surface area (Å²) in [5.41, 5.74) is -0.922. The quantitative estimate of drug-likeness (QED) is 0.831. The predicted octanol–water partition coefficient (Wildman–Crippen LogP) is 2.47. The monoisotopic (exact) mass is 330 g/mol. The highest BCUT2D eigenvalue weighted by atomic mass is 32.2. The highest BCUT2D eigenvalue weighted by Crippen LogP contribution is 2.30. The van der Waals surface area contributed by atoms with Gasteiger partial charge in [-0.2, -0.15) is 4.72 Å². The molecule has 0 heterocycles. The molecule has 0 saturated heterocycles. The van der Waals surface area contributed by atoms with Crippen molar-refractivity contribution in [1.29, 1.82) is 0 Å². The minimum atomic E-state index is -3.39. The molecule has 0 aliphatic heterocycles. The molecule has 0 atom stereocenters. The number of carbonyl (C=O) groups excluding carboxylic acids is 1. The number of rotatable bonds is 4. The van der Waals surface area contributed by atoms with E-state index in [2.05, 4.69) is 10.0 Å². The van der Waals surface area contributed by atoms with Crippen LogP contribution in [0.15, 0.2) is 0 Å². The summed E-state index contributed by atoms with van der Waals surface area (Å²) < 4.78 is 26.1. The Morgan fingerprint density at radius 3 is 1.95 bits per heavy atom. The molecule has 0 unspecified atom stereocenters. The van der Waals surface area contributed by atoms with Crippen LogP contribution >= 0.6 is 0 Å². The van der Waals surface area contributed by atoms with Crippen molar-refractivity contribution >= 4 is 15.9 Å². The van der Waals surface area contributed by atoms with Gasteiger partial charge in [0.25, 0.3) is 0 Å². The Balaban J connectivity index is 2.04. The molecule has 2 aliphatic rings. The lowest BCUT2D eigenvalue weighted by Crippen LogP contribution is -2.60. The van der Waals surface area contributed by atoms with Gasteiger partial charge in [0.05, 0.1) is 6.26 Å². The van der Waals surface area contributed by atoms with Gasteiger partial charge in [0.1, 0.15) is 5.54 Å². The van der Waals surface area contributed by atoms with E-state index >= 15 is 0 Å². The van der Waals surface area contributed by atoms with E-state index in [-0.39, 0.29) is 11.9 Å². The molecule has 6 heteroatoms. The summed E-state index contributed by atoms with van der Waals surface area (Å²) in [6.45, 7) is 0. The van der Waals surface area contributed by atoms with Gasteiger partial charge in [0, 0.05) is 6.04 Å². The molecule has 5 nitrogen and oxygen atoms in total. The van der Waals surface area contributed by atoms with E-state index in [0.717, 1.165) is 51.2 Å². The van der Waals surface area contributed by atoms with E-state index in [1.165, 1.54) is 19.3 Å². The molecular weight excluding hydrogens is 300 g/mol. The SMILES string of the molecule is CS(=O)(=O)NC1(C(=O)NC2CCCCCCC2)CCCCC1. The Morgan fingerprint density at radius 1 is 0.909 bits per heavy atom. The molecule has 1 amide bonds. The van der Waals surface area contributed by atoms with Gasteiger partial charge < -0.3 is 5.32 Å². The maximum absolute atomic E-state index is 12.8. The van der Waals surface area contributed by atoms with Crippen molar-refractivity contribution in [2.24, 2.45) is 0 Å². The zero-order valence-electron chi connectivity index (χ0n) is 13.7. The van der Waals surface area contributed by atoms with E-state index in [9.17, 15) is 13.2 Å². The van der Waals surface area contributed by atoms with Crippen LogP contribution in [0.4, 0.5) is 0 Å². The highest BCUT2D eigenvalue weighted by Gasteiger charge is 2.42. The van der Waals surface area contributed by atoms with E-state index in [1.807, 2.05) is 0 Å². The number of hydrogen-bond donors (Lipinski definition) is 2. The lowest BCUT2D eigenvalue weighted by Gasteiger charge is -2.37. The Bertz CT molecular complexity index is 462. The number of carbonyl (C=O) groups is 1. The van der Waals surface area contributed by atoms with Crippen LogP contribution in [-0.4, -0.2) is 32.2 Å². The first-order valence-electron chi connectivity index (χ1n) is 8.71. The first-order valence-corrected chi connectivity index (χ1v) is 10.6. The van der Waals surface area contributed by atoms with Crippen LogP contribution in [0, 0.1) is 0 Å². The fraction of sp³-hybridized carbons (Fsp3) is 0.938. The van der Waals surface area contributed by atoms with Crippen LogP contribution in [0.5, 0.6) is 0 Å². The van der Waals surface area contributed by atoms with Crippen molar-refractivity contribution in [2.45, 2.75) is 88.6 Å². The maximum Gasteiger partial charge on any atom is 0.241 e. The average molecular weight is 330 g/mol. The van der Waals surface area contributed by atoms with Crippen LogP contribution in [0.3, 0.4) is 0 Å². The molecule has 0 spiro atoms. The molecule has 0 aromatic carbocycles. The van der Waals surface area contributed by atoms with Crippen molar-refractivity contribution in [3.05, 3.63) is 0 Å². The van der Waals surface area contributed by atoms with Gasteiger partial charge in [0.2, 0.25) is 15.9 Å². The Labute approximate surface area is 134 Å². The van der Waals surface area contributed by atoms with E-state index in [4.69, 9.17) is 0 Å². The Morgan fingerprint density at radius 2 is 1.41 bits per heavy atom. The van der Waals surface area contributed by atoms with Crippen molar-refractivity contribution < 1.29 is 13.2 Å². The van der Waals surface area contributed by atoms with Gasteiger partial charge in [-0.15, -0.1) is 0 Å². The number of nitrogens with one attached hydrogen (secondary N) is 2. The van der Waals surface area contributed by atoms with Crippen LogP contribution in [-0.2, 0) is 14.8 Å². The highest BCUT2D eigenvalue weighted by molar-refractivity contribution is 7.88. The molecule has 0 bridgehead atoms. The van der Waals surface area contributed by atoms with Gasteiger partial charge in [0.15, 0.2) is 0 Å². The summed E-state index contributed by atoms with van der Waals surface area (Å²) in [6, 6.07) is 0.202. The second-order valence-electron chi connectivity index (χ2n) is 7.03. The largest absolute Gasteiger partial charge is 0.352 e. The smallest absolute Gasteiger partial charge is 0.241 e. The van der Waals surface area contributed by atoms with Crippen LogP contribution in [0.25, 0.3) is 0 Å². The lowest BCUT2D eigenvalue weighted by molar-refractivity contribution is -0.129. The van der Waals surface area contributed by atoms with E-state index in [1.54, 1.807) is 0 Å². The fourth-order valence-electron chi connectivity index (χ4n) is 3.81. The molecular formula is C16H30N2O3S. The summed E-state index contributed by atoms with van der Waals surface area (Å²) in [5.74, 6) is -0.108. The predicted molar refractivity (Wildman–Crippen MR) is 88.0 cm³/mol. The molecule has 0 radical (unpaired) electrons. The van der Waals surface area contributed by atoms with Crippen molar-refractivity contribution in [2.75, 3.05) is 6.26 Å². The molecule has 2 fully saturated rings. The summed E-state index contributed by atoms with van der Waals surface area (Å²) in [5, 5.41) is 3.15. The summed E-state index contributed by atoms with van der Waals surface area (Å²) in [6.07, 6.45) is 13.3. The third kappa shape index (κ3) is 5.23. The molecule has 2 aliphatic carbocycles.